The Morgan fingerprint density at radius 2 is 1.81 bits per heavy atom. The molecule has 0 aliphatic rings. The van der Waals surface area contributed by atoms with Crippen molar-refractivity contribution in [1.82, 2.24) is 0 Å². The molecule has 4 nitrogen and oxygen atoms in total. The van der Waals surface area contributed by atoms with E-state index in [0.29, 0.717) is 12.2 Å². The maximum Gasteiger partial charge on any atom is 0.229 e. The van der Waals surface area contributed by atoms with Crippen LogP contribution in [0.2, 0.25) is 0 Å². The molecule has 0 amide bonds. The SMILES string of the molecule is Cc1ccc(CNc2cccc(NS(C)(=O)=O)c2)c(Br)c1. The third-order valence-corrected chi connectivity index (χ3v) is 4.20. The maximum absolute atomic E-state index is 11.2. The number of sulfonamides is 1. The van der Waals surface area contributed by atoms with Crippen LogP contribution in [0.5, 0.6) is 0 Å². The summed E-state index contributed by atoms with van der Waals surface area (Å²) >= 11 is 3.54. The lowest BCUT2D eigenvalue weighted by Gasteiger charge is -2.11. The Balaban J connectivity index is 2.08. The van der Waals surface area contributed by atoms with Gasteiger partial charge in [-0.1, -0.05) is 34.1 Å². The van der Waals surface area contributed by atoms with Gasteiger partial charge in [0.15, 0.2) is 0 Å². The third kappa shape index (κ3) is 5.06. The van der Waals surface area contributed by atoms with Gasteiger partial charge in [-0.15, -0.1) is 0 Å². The van der Waals surface area contributed by atoms with Gasteiger partial charge in [0.05, 0.1) is 11.9 Å². The van der Waals surface area contributed by atoms with Crippen LogP contribution in [-0.4, -0.2) is 14.7 Å². The Bertz CT molecular complexity index is 745. The van der Waals surface area contributed by atoms with Gasteiger partial charge < -0.3 is 5.32 Å². The van der Waals surface area contributed by atoms with Crippen molar-refractivity contribution >= 4 is 37.3 Å². The number of halogens is 1. The van der Waals surface area contributed by atoms with E-state index in [0.717, 1.165) is 22.0 Å². The van der Waals surface area contributed by atoms with Gasteiger partial charge in [0.25, 0.3) is 0 Å². The first-order valence-electron chi connectivity index (χ1n) is 6.40. The van der Waals surface area contributed by atoms with Crippen molar-refractivity contribution in [3.05, 3.63) is 58.1 Å². The van der Waals surface area contributed by atoms with Crippen LogP contribution in [0, 0.1) is 6.92 Å². The van der Waals surface area contributed by atoms with E-state index in [1.807, 2.05) is 13.0 Å². The predicted molar refractivity (Wildman–Crippen MR) is 91.1 cm³/mol. The lowest BCUT2D eigenvalue weighted by Crippen LogP contribution is -2.09. The Morgan fingerprint density at radius 3 is 2.48 bits per heavy atom. The maximum atomic E-state index is 11.2. The third-order valence-electron chi connectivity index (χ3n) is 2.86. The summed E-state index contributed by atoms with van der Waals surface area (Å²) < 4.78 is 26.0. The summed E-state index contributed by atoms with van der Waals surface area (Å²) in [4.78, 5) is 0. The van der Waals surface area contributed by atoms with Gasteiger partial charge in [0.1, 0.15) is 0 Å². The molecule has 112 valence electrons. The molecule has 0 saturated heterocycles. The standard InChI is InChI=1S/C15H17BrN2O2S/c1-11-6-7-12(15(16)8-11)10-17-13-4-3-5-14(9-13)18-21(2,19)20/h3-9,17-18H,10H2,1-2H3. The van der Waals surface area contributed by atoms with Gasteiger partial charge in [-0.3, -0.25) is 4.72 Å². The van der Waals surface area contributed by atoms with Crippen LogP contribution in [0.3, 0.4) is 0 Å². The van der Waals surface area contributed by atoms with Gasteiger partial charge in [0, 0.05) is 16.7 Å². The van der Waals surface area contributed by atoms with Crippen LogP contribution >= 0.6 is 15.9 Å². The molecule has 2 rings (SSSR count). The van der Waals surface area contributed by atoms with Crippen LogP contribution in [0.1, 0.15) is 11.1 Å². The molecule has 0 aliphatic heterocycles. The highest BCUT2D eigenvalue weighted by molar-refractivity contribution is 9.10. The van der Waals surface area contributed by atoms with Gasteiger partial charge in [0.2, 0.25) is 10.0 Å². The van der Waals surface area contributed by atoms with Crippen molar-refractivity contribution in [2.24, 2.45) is 0 Å². The molecule has 2 aromatic rings. The lowest BCUT2D eigenvalue weighted by atomic mass is 10.1. The number of anilines is 2. The highest BCUT2D eigenvalue weighted by Crippen LogP contribution is 2.21. The van der Waals surface area contributed by atoms with Crippen molar-refractivity contribution in [3.63, 3.8) is 0 Å². The normalized spacial score (nSPS) is 11.2. The largest absolute Gasteiger partial charge is 0.381 e. The van der Waals surface area contributed by atoms with Crippen molar-refractivity contribution in [2.75, 3.05) is 16.3 Å². The Kier molecular flexibility index (Phi) is 4.90. The zero-order chi connectivity index (χ0) is 15.5. The van der Waals surface area contributed by atoms with Crippen LogP contribution < -0.4 is 10.0 Å². The predicted octanol–water partition coefficient (Wildman–Crippen LogP) is 3.74. The summed E-state index contributed by atoms with van der Waals surface area (Å²) in [5, 5.41) is 3.28. The quantitative estimate of drug-likeness (QED) is 0.844. The minimum Gasteiger partial charge on any atom is -0.381 e. The highest BCUT2D eigenvalue weighted by atomic mass is 79.9. The fourth-order valence-corrected chi connectivity index (χ4v) is 3.09. The summed E-state index contributed by atoms with van der Waals surface area (Å²) in [6.45, 7) is 2.70. The topological polar surface area (TPSA) is 58.2 Å². The number of rotatable bonds is 5. The van der Waals surface area contributed by atoms with Crippen LogP contribution in [0.4, 0.5) is 11.4 Å². The molecular weight excluding hydrogens is 352 g/mol. The van der Waals surface area contributed by atoms with Gasteiger partial charge in [-0.25, -0.2) is 8.42 Å². The molecule has 0 bridgehead atoms. The average Bonchev–Trinajstić information content (AvgIpc) is 2.36. The van der Waals surface area contributed by atoms with E-state index in [2.05, 4.69) is 44.2 Å². The number of hydrogen-bond donors (Lipinski definition) is 2. The van der Waals surface area contributed by atoms with E-state index in [1.165, 1.54) is 5.56 Å². The zero-order valence-corrected chi connectivity index (χ0v) is 14.3. The summed E-state index contributed by atoms with van der Waals surface area (Å²) in [7, 11) is -3.26. The minimum absolute atomic E-state index is 0.547. The minimum atomic E-state index is -3.26. The van der Waals surface area contributed by atoms with E-state index in [9.17, 15) is 8.42 Å². The first kappa shape index (κ1) is 15.9. The van der Waals surface area contributed by atoms with Gasteiger partial charge >= 0.3 is 0 Å². The zero-order valence-electron chi connectivity index (χ0n) is 11.9. The smallest absolute Gasteiger partial charge is 0.229 e. The number of nitrogens with one attached hydrogen (secondary N) is 2. The molecule has 0 atom stereocenters. The Hall–Kier alpha value is -1.53. The van der Waals surface area contributed by atoms with Crippen LogP contribution in [-0.2, 0) is 16.6 Å². The Morgan fingerprint density at radius 1 is 1.10 bits per heavy atom. The second kappa shape index (κ2) is 6.49. The number of benzene rings is 2. The molecular formula is C15H17BrN2O2S. The summed E-state index contributed by atoms with van der Waals surface area (Å²) in [6.07, 6.45) is 1.14. The molecule has 2 aromatic carbocycles. The molecule has 0 saturated carbocycles. The van der Waals surface area contributed by atoms with Crippen molar-refractivity contribution < 1.29 is 8.42 Å². The van der Waals surface area contributed by atoms with Crippen molar-refractivity contribution in [3.8, 4) is 0 Å². The van der Waals surface area contributed by atoms with E-state index < -0.39 is 10.0 Å². The molecule has 0 unspecified atom stereocenters. The van der Waals surface area contributed by atoms with Gasteiger partial charge in [-0.2, -0.15) is 0 Å². The Labute approximate surface area is 133 Å². The summed E-state index contributed by atoms with van der Waals surface area (Å²) in [6, 6.07) is 13.4. The van der Waals surface area contributed by atoms with E-state index >= 15 is 0 Å². The molecule has 0 aliphatic carbocycles. The van der Waals surface area contributed by atoms with E-state index in [-0.39, 0.29) is 0 Å². The number of aryl methyl sites for hydroxylation is 1. The molecule has 2 N–H and O–H groups in total. The van der Waals surface area contributed by atoms with E-state index in [1.54, 1.807) is 18.2 Å². The monoisotopic (exact) mass is 368 g/mol. The lowest BCUT2D eigenvalue weighted by molar-refractivity contribution is 0.607. The fraction of sp³-hybridized carbons (Fsp3) is 0.200. The summed E-state index contributed by atoms with van der Waals surface area (Å²) in [5.74, 6) is 0. The molecule has 0 spiro atoms. The molecule has 21 heavy (non-hydrogen) atoms. The second-order valence-corrected chi connectivity index (χ2v) is 7.51. The van der Waals surface area contributed by atoms with Gasteiger partial charge in [-0.05, 0) is 42.3 Å². The summed E-state index contributed by atoms with van der Waals surface area (Å²) in [5.41, 5.74) is 3.74. The van der Waals surface area contributed by atoms with E-state index in [4.69, 9.17) is 0 Å². The molecule has 0 radical (unpaired) electrons. The molecule has 6 heteroatoms. The number of hydrogen-bond acceptors (Lipinski definition) is 3. The first-order valence-corrected chi connectivity index (χ1v) is 9.09. The molecule has 0 heterocycles. The molecule has 0 aromatic heterocycles. The van der Waals surface area contributed by atoms with Crippen LogP contribution in [0.15, 0.2) is 46.9 Å². The van der Waals surface area contributed by atoms with Crippen LogP contribution in [0.25, 0.3) is 0 Å². The van der Waals surface area contributed by atoms with Crippen molar-refractivity contribution in [2.45, 2.75) is 13.5 Å². The average molecular weight is 369 g/mol. The first-order chi connectivity index (χ1) is 9.83. The second-order valence-electron chi connectivity index (χ2n) is 4.90. The van der Waals surface area contributed by atoms with Crippen molar-refractivity contribution in [1.29, 1.82) is 0 Å². The fourth-order valence-electron chi connectivity index (χ4n) is 1.90. The molecule has 0 fully saturated rings. The highest BCUT2D eigenvalue weighted by Gasteiger charge is 2.03.